The Balaban J connectivity index is 1.79. The highest BCUT2D eigenvalue weighted by Crippen LogP contribution is 2.47. The molecule has 0 saturated carbocycles. The Morgan fingerprint density at radius 1 is 0.978 bits per heavy atom. The van der Waals surface area contributed by atoms with E-state index in [2.05, 4.69) is 31.8 Å². The summed E-state index contributed by atoms with van der Waals surface area (Å²) in [6, 6.07) is 19.4. The third-order valence-electron chi connectivity index (χ3n) is 8.11. The monoisotopic (exact) mass is 633 g/mol. The standard InChI is InChI=1S/C35H34F3N3O3S/c1-5-34(2,3)23-15-22-17-26-30(32(40)41-31(26)39)29(25-12-7-6-9-21(25)19-35(36,37)38)28(22)27(18-23)45-24-11-8-10-20(16-24)33(42)44-14-13-43-4/h6-12,15-18H,5,13-14,19H2,1-4H3,(H3,39,40,41). The molecule has 1 heterocycles. The molecule has 0 fully saturated rings. The number of nitrogens with two attached hydrogens (primary N) is 1. The molecule has 1 aliphatic heterocycles. The fraction of sp³-hybridized carbons (Fsp3) is 0.286. The Hall–Kier alpha value is -4.15. The number of benzene rings is 4. The maximum atomic E-state index is 13.8. The quantitative estimate of drug-likeness (QED) is 0.135. The number of carbonyl (C=O) groups is 1. The molecule has 10 heteroatoms. The number of hydrogen-bond acceptors (Lipinski definition) is 6. The minimum Gasteiger partial charge on any atom is -0.460 e. The normalized spacial score (nSPS) is 13.2. The summed E-state index contributed by atoms with van der Waals surface area (Å²) in [5, 5.41) is 10.0. The second-order valence-corrected chi connectivity index (χ2v) is 12.7. The summed E-state index contributed by atoms with van der Waals surface area (Å²) in [4.78, 5) is 18.5. The van der Waals surface area contributed by atoms with Crippen molar-refractivity contribution in [2.75, 3.05) is 20.3 Å². The van der Waals surface area contributed by atoms with Crippen LogP contribution in [0.3, 0.4) is 0 Å². The van der Waals surface area contributed by atoms with Crippen LogP contribution in [0.1, 0.15) is 59.8 Å². The van der Waals surface area contributed by atoms with Crippen molar-refractivity contribution in [2.45, 2.75) is 55.0 Å². The molecular weight excluding hydrogens is 599 g/mol. The van der Waals surface area contributed by atoms with Crippen LogP contribution in [0.25, 0.3) is 21.9 Å². The van der Waals surface area contributed by atoms with Crippen LogP contribution >= 0.6 is 11.8 Å². The number of fused-ring (bicyclic) bond motifs is 2. The van der Waals surface area contributed by atoms with Gasteiger partial charge < -0.3 is 15.2 Å². The molecule has 0 atom stereocenters. The van der Waals surface area contributed by atoms with Crippen LogP contribution in [0.5, 0.6) is 0 Å². The fourth-order valence-electron chi connectivity index (χ4n) is 5.39. The molecule has 3 N–H and O–H groups in total. The number of rotatable bonds is 10. The Kier molecular flexibility index (Phi) is 9.09. The lowest BCUT2D eigenvalue weighted by Gasteiger charge is -2.26. The van der Waals surface area contributed by atoms with E-state index in [4.69, 9.17) is 20.6 Å². The number of halogens is 3. The zero-order valence-corrected chi connectivity index (χ0v) is 26.3. The molecule has 0 aliphatic carbocycles. The van der Waals surface area contributed by atoms with E-state index in [0.29, 0.717) is 33.2 Å². The maximum absolute atomic E-state index is 13.8. The molecule has 4 aromatic rings. The van der Waals surface area contributed by atoms with E-state index in [1.165, 1.54) is 24.9 Å². The fourth-order valence-corrected chi connectivity index (χ4v) is 6.48. The van der Waals surface area contributed by atoms with Crippen LogP contribution < -0.4 is 5.73 Å². The number of hydrogen-bond donors (Lipinski definition) is 2. The molecule has 45 heavy (non-hydrogen) atoms. The lowest BCUT2D eigenvalue weighted by Crippen LogP contribution is -2.17. The van der Waals surface area contributed by atoms with Crippen LogP contribution in [0.15, 0.2) is 81.5 Å². The first-order valence-corrected chi connectivity index (χ1v) is 15.3. The van der Waals surface area contributed by atoms with Crippen molar-refractivity contribution >= 4 is 40.2 Å². The summed E-state index contributed by atoms with van der Waals surface area (Å²) in [6.07, 6.45) is -4.73. The topological polar surface area (TPSA) is 97.8 Å². The van der Waals surface area contributed by atoms with Gasteiger partial charge in [-0.15, -0.1) is 0 Å². The van der Waals surface area contributed by atoms with Crippen molar-refractivity contribution in [1.29, 1.82) is 5.41 Å². The van der Waals surface area contributed by atoms with Gasteiger partial charge in [-0.25, -0.2) is 9.79 Å². The summed E-state index contributed by atoms with van der Waals surface area (Å²) in [6.45, 7) is 6.76. The summed E-state index contributed by atoms with van der Waals surface area (Å²) in [5.74, 6) is -0.432. The average Bonchev–Trinajstić information content (AvgIpc) is 3.28. The number of esters is 1. The van der Waals surface area contributed by atoms with E-state index < -0.39 is 18.6 Å². The molecular formula is C35H34F3N3O3S. The van der Waals surface area contributed by atoms with Crippen LogP contribution in [0.2, 0.25) is 0 Å². The van der Waals surface area contributed by atoms with E-state index in [1.807, 2.05) is 18.2 Å². The first-order valence-electron chi connectivity index (χ1n) is 14.5. The second kappa shape index (κ2) is 12.7. The van der Waals surface area contributed by atoms with Gasteiger partial charge in [0, 0.05) is 39.0 Å². The van der Waals surface area contributed by atoms with E-state index in [-0.39, 0.29) is 35.9 Å². The minimum atomic E-state index is -4.44. The van der Waals surface area contributed by atoms with Crippen molar-refractivity contribution in [3.05, 3.63) is 94.5 Å². The van der Waals surface area contributed by atoms with E-state index >= 15 is 0 Å². The van der Waals surface area contributed by atoms with Gasteiger partial charge in [0.15, 0.2) is 5.84 Å². The molecule has 0 amide bonds. The predicted molar refractivity (Wildman–Crippen MR) is 173 cm³/mol. The molecule has 0 unspecified atom stereocenters. The van der Waals surface area contributed by atoms with Crippen molar-refractivity contribution in [3.63, 3.8) is 0 Å². The van der Waals surface area contributed by atoms with Crippen LogP contribution in [-0.4, -0.2) is 44.1 Å². The van der Waals surface area contributed by atoms with Crippen LogP contribution in [0, 0.1) is 5.41 Å². The van der Waals surface area contributed by atoms with E-state index in [0.717, 1.165) is 27.2 Å². The predicted octanol–water partition coefficient (Wildman–Crippen LogP) is 8.30. The van der Waals surface area contributed by atoms with Gasteiger partial charge in [0.05, 0.1) is 18.6 Å². The first kappa shape index (κ1) is 32.2. The number of nitrogens with zero attached hydrogens (tertiary/aromatic N) is 1. The van der Waals surface area contributed by atoms with Gasteiger partial charge in [-0.2, -0.15) is 13.2 Å². The number of alkyl halides is 3. The third kappa shape index (κ3) is 6.77. The summed E-state index contributed by atoms with van der Waals surface area (Å²) in [5.41, 5.74) is 9.46. The van der Waals surface area contributed by atoms with Gasteiger partial charge in [-0.3, -0.25) is 5.41 Å². The van der Waals surface area contributed by atoms with Crippen molar-refractivity contribution < 1.29 is 27.4 Å². The van der Waals surface area contributed by atoms with Gasteiger partial charge in [-0.05, 0) is 64.2 Å². The van der Waals surface area contributed by atoms with Crippen LogP contribution in [0.4, 0.5) is 13.2 Å². The molecule has 0 saturated heterocycles. The van der Waals surface area contributed by atoms with Gasteiger partial charge in [0.25, 0.3) is 0 Å². The summed E-state index contributed by atoms with van der Waals surface area (Å²) >= 11 is 1.40. The summed E-state index contributed by atoms with van der Waals surface area (Å²) in [7, 11) is 1.52. The second-order valence-electron chi connectivity index (χ2n) is 11.5. The average molecular weight is 634 g/mol. The number of carbonyl (C=O) groups excluding carboxylic acids is 1. The molecule has 1 aliphatic rings. The molecule has 234 valence electrons. The lowest BCUT2D eigenvalue weighted by atomic mass is 9.80. The van der Waals surface area contributed by atoms with Gasteiger partial charge in [-0.1, -0.05) is 68.9 Å². The highest BCUT2D eigenvalue weighted by atomic mass is 32.2. The molecule has 0 radical (unpaired) electrons. The van der Waals surface area contributed by atoms with E-state index in [1.54, 1.807) is 36.4 Å². The third-order valence-corrected chi connectivity index (χ3v) is 9.14. The number of methoxy groups -OCH3 is 1. The zero-order valence-electron chi connectivity index (χ0n) is 25.5. The van der Waals surface area contributed by atoms with E-state index in [9.17, 15) is 18.0 Å². The Morgan fingerprint density at radius 3 is 2.44 bits per heavy atom. The minimum absolute atomic E-state index is 0.0343. The molecule has 5 rings (SSSR count). The smallest absolute Gasteiger partial charge is 0.393 e. The molecule has 4 aromatic carbocycles. The summed E-state index contributed by atoms with van der Waals surface area (Å²) < 4.78 is 51.8. The van der Waals surface area contributed by atoms with Gasteiger partial charge in [0.2, 0.25) is 0 Å². The highest BCUT2D eigenvalue weighted by molar-refractivity contribution is 7.99. The van der Waals surface area contributed by atoms with Crippen molar-refractivity contribution in [2.24, 2.45) is 10.7 Å². The number of ether oxygens (including phenoxy) is 2. The number of amidine groups is 2. The largest absolute Gasteiger partial charge is 0.460 e. The van der Waals surface area contributed by atoms with Gasteiger partial charge in [0.1, 0.15) is 12.4 Å². The SMILES string of the molecule is CCC(C)(C)c1cc(Sc2cccc(C(=O)OCCOC)c2)c2c(-c3ccccc3CC(F)(F)F)c3c(cc2c1)C(=N)N=C3N. The highest BCUT2D eigenvalue weighted by Gasteiger charge is 2.33. The molecule has 0 aromatic heterocycles. The Morgan fingerprint density at radius 2 is 1.73 bits per heavy atom. The molecule has 6 nitrogen and oxygen atoms in total. The molecule has 0 bridgehead atoms. The van der Waals surface area contributed by atoms with Crippen molar-refractivity contribution in [3.8, 4) is 11.1 Å². The van der Waals surface area contributed by atoms with Gasteiger partial charge >= 0.3 is 12.1 Å². The lowest BCUT2D eigenvalue weighted by molar-refractivity contribution is -0.127. The number of aliphatic imine (C=N–C) groups is 1. The van der Waals surface area contributed by atoms with Crippen LogP contribution in [-0.2, 0) is 21.3 Å². The Labute approximate surface area is 264 Å². The van der Waals surface area contributed by atoms with Crippen molar-refractivity contribution in [1.82, 2.24) is 0 Å². The Bertz CT molecular complexity index is 1830. The zero-order chi connectivity index (χ0) is 32.5. The number of nitrogens with one attached hydrogen (secondary N) is 1. The maximum Gasteiger partial charge on any atom is 0.393 e. The molecule has 0 spiro atoms. The first-order chi connectivity index (χ1) is 21.3.